The van der Waals surface area contributed by atoms with Crippen molar-refractivity contribution in [1.82, 2.24) is 55.5 Å². The van der Waals surface area contributed by atoms with Gasteiger partial charge in [0.2, 0.25) is 0 Å². The molecule has 0 radical (unpaired) electrons. The van der Waals surface area contributed by atoms with E-state index in [1.807, 2.05) is 145 Å². The molecule has 1 saturated heterocycles. The molecule has 23 nitrogen and oxygen atoms in total. The topological polar surface area (TPSA) is 247 Å². The number of likely N-dealkylation sites (N-methyl/N-ethyl adjacent to an activating group) is 1. The second-order valence-electron chi connectivity index (χ2n) is 33.6. The third-order valence-corrected chi connectivity index (χ3v) is 27.5. The fourth-order valence-electron chi connectivity index (χ4n) is 15.6. The highest BCUT2D eigenvalue weighted by Crippen LogP contribution is 2.53. The molecule has 7 heterocycles. The maximum atomic E-state index is 13.8. The van der Waals surface area contributed by atoms with Crippen LogP contribution in [0, 0.1) is 13.8 Å². The van der Waals surface area contributed by atoms with Gasteiger partial charge in [-0.2, -0.15) is 0 Å². The molecule has 1 atom stereocenters. The van der Waals surface area contributed by atoms with E-state index in [2.05, 4.69) is 54.8 Å². The first kappa shape index (κ1) is 101. The summed E-state index contributed by atoms with van der Waals surface area (Å²) < 4.78 is 15.5. The molecular formula is C102H93Br2Cl7N12O11S. The number of aliphatic hydroxyl groups is 1. The lowest BCUT2D eigenvalue weighted by Crippen LogP contribution is -2.49. The fraction of sp³-hybridized carbons (Fsp3) is 0.216. The number of halogens is 9. The van der Waals surface area contributed by atoms with E-state index in [9.17, 15) is 53.1 Å². The summed E-state index contributed by atoms with van der Waals surface area (Å²) in [4.78, 5) is 136. The smallest absolute Gasteiger partial charge is 0.336 e. The Morgan fingerprint density at radius 2 is 0.696 bits per heavy atom. The molecule has 2 aliphatic heterocycles. The van der Waals surface area contributed by atoms with Gasteiger partial charge in [-0.3, -0.25) is 74.5 Å². The van der Waals surface area contributed by atoms with E-state index >= 15 is 0 Å². The Labute approximate surface area is 832 Å². The van der Waals surface area contributed by atoms with Gasteiger partial charge >= 0.3 is 28.4 Å². The van der Waals surface area contributed by atoms with Crippen molar-refractivity contribution < 1.29 is 5.11 Å². The zero-order valence-electron chi connectivity index (χ0n) is 75.2. The Hall–Kier alpha value is -11.2. The largest absolute Gasteiger partial charge is 0.390 e. The van der Waals surface area contributed by atoms with Crippen LogP contribution in [0.4, 0.5) is 0 Å². The summed E-state index contributed by atoms with van der Waals surface area (Å²) in [5.41, 5.74) is 7.42. The van der Waals surface area contributed by atoms with Gasteiger partial charge in [-0.1, -0.05) is 252 Å². The van der Waals surface area contributed by atoms with Crippen molar-refractivity contribution >= 4 is 125 Å². The third-order valence-electron chi connectivity index (χ3n) is 23.5. The fourth-order valence-corrected chi connectivity index (χ4v) is 17.9. The van der Waals surface area contributed by atoms with Crippen LogP contribution in [0.5, 0.6) is 0 Å². The van der Waals surface area contributed by atoms with Gasteiger partial charge in [-0.15, -0.1) is 0 Å². The normalized spacial score (nSPS) is 12.7. The molecule has 17 rings (SSSR count). The lowest BCUT2D eigenvalue weighted by Gasteiger charge is -2.33. The van der Waals surface area contributed by atoms with Gasteiger partial charge in [-0.05, 0) is 202 Å². The van der Waals surface area contributed by atoms with E-state index in [0.717, 1.165) is 106 Å². The van der Waals surface area contributed by atoms with E-state index in [4.69, 9.17) is 81.2 Å². The number of rotatable bonds is 18. The molecular weight excluding hydrogens is 2010 g/mol. The van der Waals surface area contributed by atoms with E-state index in [1.165, 1.54) is 71.4 Å². The van der Waals surface area contributed by atoms with E-state index < -0.39 is 34.1 Å². The summed E-state index contributed by atoms with van der Waals surface area (Å²) in [6.07, 6.45) is -0.807. The summed E-state index contributed by atoms with van der Waals surface area (Å²) in [6, 6.07) is 74.7. The highest BCUT2D eigenvalue weighted by atomic mass is 79.9. The zero-order valence-corrected chi connectivity index (χ0v) is 84.5. The molecule has 0 aliphatic carbocycles. The third kappa shape index (κ3) is 23.7. The molecule has 135 heavy (non-hydrogen) atoms. The maximum absolute atomic E-state index is 13.8. The Kier molecular flexibility index (Phi) is 32.6. The van der Waals surface area contributed by atoms with Crippen LogP contribution in [-0.2, 0) is 58.9 Å². The molecule has 1 N–H and O–H groups in total. The molecule has 1 fully saturated rings. The summed E-state index contributed by atoms with van der Waals surface area (Å²) >= 11 is 49.9. The molecule has 0 saturated carbocycles. The van der Waals surface area contributed by atoms with Crippen molar-refractivity contribution in [3.8, 4) is 62.0 Å². The number of aliphatic hydroxyl groups excluding tert-OH is 1. The van der Waals surface area contributed by atoms with Crippen LogP contribution in [0.25, 0.3) is 62.0 Å². The Morgan fingerprint density at radius 3 is 1.11 bits per heavy atom. The minimum atomic E-state index is -0.824. The second kappa shape index (κ2) is 43.4. The number of aryl methyl sites for hydroxylation is 2. The van der Waals surface area contributed by atoms with Gasteiger partial charge in [0, 0.05) is 136 Å². The quantitative estimate of drug-likeness (QED) is 0.0785. The molecule has 15 aromatic rings. The molecule has 2 aliphatic rings. The molecule has 696 valence electrons. The summed E-state index contributed by atoms with van der Waals surface area (Å²) in [6.45, 7) is 15.8. The lowest BCUT2D eigenvalue weighted by molar-refractivity contribution is 0.0696. The SMILES string of the molecule is Cc1ccc(-c2cc(=O)n(CC(O)CN3CCN(C)CC3)c(=O)n2-c2c(C)ccc3c2S3)cc1.Cn1c(-c2ccc(Br)cc2)cc(=O)n(C(C)(C)c2ccc(Cl)cc2)c1=O.Cn1c(-c2ccc(Br)cc2)cc(=O)n(Cc2ccc(Cl)cc2)c1=O.Cn1c(-c2ccc(Cl)c(Cl)c2)cc(=O)n(Cc2ccc(Cl)cc2)c1=O.Cn1c(-c2ccc(Cl)cc2)cc(=O)n(C(C)(C)c2ccc(Cl)cc2)c1=O. The van der Waals surface area contributed by atoms with Gasteiger partial charge in [-0.25, -0.2) is 24.0 Å². The summed E-state index contributed by atoms with van der Waals surface area (Å²) in [5.74, 6) is 0. The van der Waals surface area contributed by atoms with Crippen molar-refractivity contribution in [3.63, 3.8) is 0 Å². The average Bonchev–Trinajstić information content (AvgIpc) is 1.64. The number of β-amino-alcohol motifs (C(OH)–C–C–N with tert-alkyl or cyclic N) is 1. The van der Waals surface area contributed by atoms with Gasteiger partial charge in [0.25, 0.3) is 27.8 Å². The van der Waals surface area contributed by atoms with Gasteiger partial charge in [0.15, 0.2) is 0 Å². The first-order valence-corrected chi connectivity index (χ1v) is 47.5. The van der Waals surface area contributed by atoms with Crippen molar-refractivity contribution in [2.45, 2.75) is 88.1 Å². The maximum Gasteiger partial charge on any atom is 0.336 e. The molecule has 10 aromatic carbocycles. The van der Waals surface area contributed by atoms with Gasteiger partial charge in [0.05, 0.1) is 85.9 Å². The second-order valence-corrected chi connectivity index (χ2v) is 39.5. The van der Waals surface area contributed by atoms with Gasteiger partial charge in [0.1, 0.15) is 0 Å². The van der Waals surface area contributed by atoms with Crippen molar-refractivity contribution in [2.75, 3.05) is 39.8 Å². The number of aromatic nitrogens is 10. The van der Waals surface area contributed by atoms with E-state index in [0.29, 0.717) is 75.7 Å². The molecule has 33 heteroatoms. The monoisotopic (exact) mass is 2100 g/mol. The highest BCUT2D eigenvalue weighted by molar-refractivity contribution is 9.10. The number of fused-ring (bicyclic) bond motifs is 1. The van der Waals surface area contributed by atoms with Crippen molar-refractivity contribution in [3.05, 3.63) is 436 Å². The number of hydrogen-bond acceptors (Lipinski definition) is 14. The summed E-state index contributed by atoms with van der Waals surface area (Å²) in [7, 11) is 8.69. The van der Waals surface area contributed by atoms with Crippen LogP contribution in [-0.4, -0.2) is 106 Å². The lowest BCUT2D eigenvalue weighted by atomic mass is 9.94. The number of benzene rings is 10. The Balaban J connectivity index is 0.000000144. The number of nitrogens with zero attached hydrogens (tertiary/aromatic N) is 12. The van der Waals surface area contributed by atoms with Crippen molar-refractivity contribution in [2.24, 2.45) is 28.2 Å². The standard InChI is InChI=1S/C26H30N4O3S.C20H18BrClN2O2.C20H18Cl2N2O2.C18H14BrClN2O2.C18H13Cl3N2O2/c1-17-4-7-19(8-5-17)21-14-23(32)29(16-20(31)15-28-12-10-27(3)11-13-28)26(33)30(21)24-18(2)6-9-22-25(24)34-22;2*1-20(2,14-6-10-16(22)11-7-14)24-18(25)12-17(23(3)19(24)26)13-4-8-15(21)9-5-13;1-21-16(13-4-6-14(19)7-5-13)10-17(23)22(18(21)24)11-12-2-8-15(20)9-3-12;1-22-16(12-4-7-14(20)15(21)8-12)9-17(24)23(18(22)25)10-11-2-5-13(19)6-3-11/h4-9,14,20,31H,10-13,15-16H2,1-3H3;2*4-12H,1-3H3;2-10H,11H2,1H3;2-9H,10H2,1H3. The molecule has 0 bridgehead atoms. The predicted octanol–water partition coefficient (Wildman–Crippen LogP) is 19.0. The first-order chi connectivity index (χ1) is 64.1. The minimum Gasteiger partial charge on any atom is -0.390 e. The van der Waals surface area contributed by atoms with Crippen LogP contribution in [0.1, 0.15) is 61.1 Å². The highest BCUT2D eigenvalue weighted by Gasteiger charge is 2.33. The summed E-state index contributed by atoms with van der Waals surface area (Å²) in [5, 5.41) is 14.6. The molecule has 5 aromatic heterocycles. The Bertz CT molecular complexity index is 7420. The van der Waals surface area contributed by atoms with Crippen LogP contribution >= 0.6 is 125 Å². The minimum absolute atomic E-state index is 0.0284. The number of piperazine rings is 1. The molecule has 1 unspecified atom stereocenters. The van der Waals surface area contributed by atoms with Crippen LogP contribution in [0.3, 0.4) is 0 Å². The van der Waals surface area contributed by atoms with E-state index in [-0.39, 0.29) is 58.9 Å². The zero-order chi connectivity index (χ0) is 97.5. The van der Waals surface area contributed by atoms with Crippen LogP contribution in [0.15, 0.2) is 321 Å². The predicted molar refractivity (Wildman–Crippen MR) is 552 cm³/mol. The van der Waals surface area contributed by atoms with E-state index in [1.54, 1.807) is 160 Å². The molecule has 0 spiro atoms. The Morgan fingerprint density at radius 1 is 0.356 bits per heavy atom. The van der Waals surface area contributed by atoms with Crippen LogP contribution < -0.4 is 56.2 Å². The number of hydrogen-bond donors (Lipinski definition) is 1. The molecule has 0 amide bonds. The van der Waals surface area contributed by atoms with Crippen LogP contribution in [0.2, 0.25) is 35.2 Å². The average molecular weight is 2100 g/mol. The van der Waals surface area contributed by atoms with Crippen molar-refractivity contribution in [1.29, 1.82) is 0 Å². The van der Waals surface area contributed by atoms with Gasteiger partial charge < -0.3 is 10.0 Å². The first-order valence-electron chi connectivity index (χ1n) is 42.4.